The largest absolute Gasteiger partial charge is 0.460 e. The van der Waals surface area contributed by atoms with Crippen molar-refractivity contribution in [2.24, 2.45) is 11.8 Å². The van der Waals surface area contributed by atoms with E-state index in [1.807, 2.05) is 32.6 Å². The number of hydrogen-bond acceptors (Lipinski definition) is 4. The van der Waals surface area contributed by atoms with Gasteiger partial charge >= 0.3 is 5.97 Å². The second-order valence-corrected chi connectivity index (χ2v) is 9.62. The van der Waals surface area contributed by atoms with Crippen LogP contribution in [-0.2, 0) is 19.1 Å². The number of nitrogens with one attached hydrogen (secondary N) is 1. The van der Waals surface area contributed by atoms with Gasteiger partial charge in [-0.2, -0.15) is 0 Å². The predicted octanol–water partition coefficient (Wildman–Crippen LogP) is 4.07. The quantitative estimate of drug-likeness (QED) is 0.411. The normalized spacial score (nSPS) is 19.0. The molecule has 6 heteroatoms. The van der Waals surface area contributed by atoms with E-state index in [0.717, 1.165) is 38.6 Å². The highest BCUT2D eigenvalue weighted by Gasteiger charge is 2.27. The van der Waals surface area contributed by atoms with Crippen LogP contribution < -0.4 is 5.32 Å². The number of unbranched alkanes of at least 4 members (excludes halogenated alkanes) is 2. The Morgan fingerprint density at radius 1 is 1.17 bits per heavy atom. The van der Waals surface area contributed by atoms with E-state index in [1.165, 1.54) is 0 Å². The van der Waals surface area contributed by atoms with E-state index >= 15 is 0 Å². The molecule has 1 rings (SSSR count). The summed E-state index contributed by atoms with van der Waals surface area (Å²) in [7, 11) is 0. The fourth-order valence-corrected chi connectivity index (χ4v) is 3.76. The number of likely N-dealkylation sites (tertiary alicyclic amines) is 1. The first kappa shape index (κ1) is 25.4. The second kappa shape index (κ2) is 12.2. The van der Waals surface area contributed by atoms with E-state index in [-0.39, 0.29) is 36.0 Å². The van der Waals surface area contributed by atoms with E-state index in [2.05, 4.69) is 19.2 Å². The van der Waals surface area contributed by atoms with Gasteiger partial charge in [-0.15, -0.1) is 0 Å². The summed E-state index contributed by atoms with van der Waals surface area (Å²) in [4.78, 5) is 39.3. The number of rotatable bonds is 11. The summed E-state index contributed by atoms with van der Waals surface area (Å²) in [6, 6.07) is 0.320. The Hall–Kier alpha value is -1.59. The van der Waals surface area contributed by atoms with Crippen LogP contribution >= 0.6 is 0 Å². The first-order valence-corrected chi connectivity index (χ1v) is 11.3. The highest BCUT2D eigenvalue weighted by atomic mass is 16.6. The molecule has 3 atom stereocenters. The lowest BCUT2D eigenvalue weighted by molar-refractivity contribution is -0.157. The van der Waals surface area contributed by atoms with E-state index in [4.69, 9.17) is 4.74 Å². The van der Waals surface area contributed by atoms with Crippen LogP contribution in [0.2, 0.25) is 0 Å². The fourth-order valence-electron chi connectivity index (χ4n) is 3.76. The van der Waals surface area contributed by atoms with Crippen molar-refractivity contribution in [3.05, 3.63) is 0 Å². The summed E-state index contributed by atoms with van der Waals surface area (Å²) in [5.74, 6) is -0.582. The lowest BCUT2D eigenvalue weighted by Gasteiger charge is -2.24. The third kappa shape index (κ3) is 10.1. The Bertz CT molecular complexity index is 541. The SMILES string of the molecule is CCCCCC(CC(=O)OC(C)(C)C)C(=O)NC[C@@H](C)CC(=O)N1CCC[C@@H]1C. The number of carbonyl (C=O) groups is 3. The lowest BCUT2D eigenvalue weighted by atomic mass is 9.96. The molecule has 1 saturated heterocycles. The molecule has 168 valence electrons. The third-order valence-electron chi connectivity index (χ3n) is 5.38. The topological polar surface area (TPSA) is 75.7 Å². The van der Waals surface area contributed by atoms with Gasteiger partial charge in [-0.1, -0.05) is 33.1 Å². The maximum Gasteiger partial charge on any atom is 0.307 e. The number of amides is 2. The number of ether oxygens (including phenoxy) is 1. The van der Waals surface area contributed by atoms with Crippen molar-refractivity contribution in [3.63, 3.8) is 0 Å². The molecule has 1 aliphatic rings. The van der Waals surface area contributed by atoms with Crippen molar-refractivity contribution in [1.82, 2.24) is 10.2 Å². The van der Waals surface area contributed by atoms with Gasteiger partial charge in [0.1, 0.15) is 5.60 Å². The molecule has 1 unspecified atom stereocenters. The van der Waals surface area contributed by atoms with Crippen molar-refractivity contribution in [3.8, 4) is 0 Å². The maximum atomic E-state index is 12.7. The molecule has 0 bridgehead atoms. The molecule has 0 spiro atoms. The van der Waals surface area contributed by atoms with Crippen LogP contribution in [0, 0.1) is 11.8 Å². The molecule has 0 aliphatic carbocycles. The van der Waals surface area contributed by atoms with Gasteiger partial charge in [0, 0.05) is 31.5 Å². The molecule has 1 fully saturated rings. The minimum absolute atomic E-state index is 0.0667. The highest BCUT2D eigenvalue weighted by molar-refractivity contribution is 5.84. The van der Waals surface area contributed by atoms with Crippen LogP contribution in [0.4, 0.5) is 0 Å². The van der Waals surface area contributed by atoms with Gasteiger partial charge in [0.05, 0.1) is 6.42 Å². The molecule has 0 saturated carbocycles. The van der Waals surface area contributed by atoms with Gasteiger partial charge in [-0.05, 0) is 52.9 Å². The monoisotopic (exact) mass is 410 g/mol. The van der Waals surface area contributed by atoms with Gasteiger partial charge < -0.3 is 15.0 Å². The summed E-state index contributed by atoms with van der Waals surface area (Å²) >= 11 is 0. The molecular formula is C23H42N2O4. The van der Waals surface area contributed by atoms with Gasteiger partial charge in [0.25, 0.3) is 0 Å². The van der Waals surface area contributed by atoms with Crippen molar-refractivity contribution in [2.75, 3.05) is 13.1 Å². The molecule has 0 aromatic carbocycles. The Kier molecular flexibility index (Phi) is 10.7. The van der Waals surface area contributed by atoms with Gasteiger partial charge in [-0.3, -0.25) is 14.4 Å². The number of esters is 1. The number of hydrogen-bond donors (Lipinski definition) is 1. The minimum Gasteiger partial charge on any atom is -0.460 e. The Morgan fingerprint density at radius 3 is 2.41 bits per heavy atom. The van der Waals surface area contributed by atoms with Gasteiger partial charge in [0.2, 0.25) is 11.8 Å². The average Bonchev–Trinajstić information content (AvgIpc) is 3.03. The summed E-state index contributed by atoms with van der Waals surface area (Å²) < 4.78 is 5.40. The zero-order valence-corrected chi connectivity index (χ0v) is 19.4. The van der Waals surface area contributed by atoms with Crippen LogP contribution in [0.5, 0.6) is 0 Å². The number of nitrogens with zero attached hydrogens (tertiary/aromatic N) is 1. The summed E-state index contributed by atoms with van der Waals surface area (Å²) in [5.41, 5.74) is -0.552. The van der Waals surface area contributed by atoms with Crippen molar-refractivity contribution < 1.29 is 19.1 Å². The molecule has 29 heavy (non-hydrogen) atoms. The Labute approximate surface area is 177 Å². The fraction of sp³-hybridized carbons (Fsp3) is 0.870. The highest BCUT2D eigenvalue weighted by Crippen LogP contribution is 2.20. The van der Waals surface area contributed by atoms with Crippen LogP contribution in [0.25, 0.3) is 0 Å². The van der Waals surface area contributed by atoms with Gasteiger partial charge in [0.15, 0.2) is 0 Å². The summed E-state index contributed by atoms with van der Waals surface area (Å²) in [5, 5.41) is 2.97. The molecule has 6 nitrogen and oxygen atoms in total. The summed E-state index contributed by atoms with van der Waals surface area (Å²) in [6.45, 7) is 13.0. The number of carbonyl (C=O) groups excluding carboxylic acids is 3. The molecule has 0 aromatic heterocycles. The average molecular weight is 411 g/mol. The van der Waals surface area contributed by atoms with E-state index in [1.54, 1.807) is 0 Å². The van der Waals surface area contributed by atoms with Crippen LogP contribution in [0.15, 0.2) is 0 Å². The smallest absolute Gasteiger partial charge is 0.307 e. The minimum atomic E-state index is -0.552. The summed E-state index contributed by atoms with van der Waals surface area (Å²) in [6.07, 6.45) is 6.38. The maximum absolute atomic E-state index is 12.7. The third-order valence-corrected chi connectivity index (χ3v) is 5.38. The molecule has 2 amide bonds. The predicted molar refractivity (Wildman–Crippen MR) is 115 cm³/mol. The van der Waals surface area contributed by atoms with Crippen LogP contribution in [-0.4, -0.2) is 47.4 Å². The molecule has 0 radical (unpaired) electrons. The van der Waals surface area contributed by atoms with Gasteiger partial charge in [-0.25, -0.2) is 0 Å². The van der Waals surface area contributed by atoms with Crippen molar-refractivity contribution in [1.29, 1.82) is 0 Å². The standard InChI is InChI=1S/C23H42N2O4/c1-7-8-9-12-19(15-21(27)29-23(4,5)6)22(28)24-16-17(2)14-20(26)25-13-10-11-18(25)3/h17-19H,7-16H2,1-6H3,(H,24,28)/t17-,18-,19?/m0/s1. The molecule has 1 aliphatic heterocycles. The zero-order chi connectivity index (χ0) is 22.0. The zero-order valence-electron chi connectivity index (χ0n) is 19.4. The Balaban J connectivity index is 2.52. The Morgan fingerprint density at radius 2 is 1.86 bits per heavy atom. The first-order chi connectivity index (χ1) is 13.5. The van der Waals surface area contributed by atoms with E-state index in [9.17, 15) is 14.4 Å². The lowest BCUT2D eigenvalue weighted by Crippen LogP contribution is -2.38. The molecule has 1 N–H and O–H groups in total. The molecule has 1 heterocycles. The molecule has 0 aromatic rings. The molecular weight excluding hydrogens is 368 g/mol. The van der Waals surface area contributed by atoms with E-state index in [0.29, 0.717) is 25.4 Å². The van der Waals surface area contributed by atoms with Crippen molar-refractivity contribution in [2.45, 2.75) is 105 Å². The van der Waals surface area contributed by atoms with Crippen LogP contribution in [0.1, 0.15) is 92.9 Å². The second-order valence-electron chi connectivity index (χ2n) is 9.62. The van der Waals surface area contributed by atoms with E-state index < -0.39 is 5.60 Å². The first-order valence-electron chi connectivity index (χ1n) is 11.3. The van der Waals surface area contributed by atoms with Crippen LogP contribution in [0.3, 0.4) is 0 Å². The van der Waals surface area contributed by atoms with Crippen molar-refractivity contribution >= 4 is 17.8 Å².